The standard InChI is InChI=1S/C19H22FN/c20-19-8-4-3-7-17(19)12-18(13-21)16-10-9-14-5-1-2-6-15(14)11-16/h3-4,7-11,18H,1-2,5-6,12-13,21H2. The summed E-state index contributed by atoms with van der Waals surface area (Å²) in [6, 6.07) is 13.7. The Labute approximate surface area is 126 Å². The zero-order valence-electron chi connectivity index (χ0n) is 12.3. The molecule has 0 saturated carbocycles. The van der Waals surface area contributed by atoms with Gasteiger partial charge in [-0.15, -0.1) is 0 Å². The van der Waals surface area contributed by atoms with Gasteiger partial charge in [0.05, 0.1) is 0 Å². The third-order valence-corrected chi connectivity index (χ3v) is 4.55. The molecule has 1 aliphatic rings. The minimum Gasteiger partial charge on any atom is -0.330 e. The lowest BCUT2D eigenvalue weighted by atomic mass is 9.85. The first kappa shape index (κ1) is 14.3. The Morgan fingerprint density at radius 3 is 2.52 bits per heavy atom. The molecule has 0 heterocycles. The van der Waals surface area contributed by atoms with Crippen LogP contribution in [0.1, 0.15) is 41.0 Å². The zero-order valence-corrected chi connectivity index (χ0v) is 12.3. The molecule has 2 aromatic carbocycles. The maximum atomic E-state index is 13.8. The van der Waals surface area contributed by atoms with E-state index in [1.165, 1.54) is 48.4 Å². The van der Waals surface area contributed by atoms with Gasteiger partial charge in [-0.3, -0.25) is 0 Å². The number of aryl methyl sites for hydroxylation is 2. The van der Waals surface area contributed by atoms with Gasteiger partial charge in [0.2, 0.25) is 0 Å². The first-order valence-corrected chi connectivity index (χ1v) is 7.83. The summed E-state index contributed by atoms with van der Waals surface area (Å²) in [6.07, 6.45) is 5.59. The van der Waals surface area contributed by atoms with Crippen molar-refractivity contribution in [2.45, 2.75) is 38.0 Å². The molecule has 2 N–H and O–H groups in total. The Hall–Kier alpha value is -1.67. The summed E-state index contributed by atoms with van der Waals surface area (Å²) < 4.78 is 13.8. The molecule has 1 atom stereocenters. The van der Waals surface area contributed by atoms with E-state index >= 15 is 0 Å². The lowest BCUT2D eigenvalue weighted by Crippen LogP contribution is -2.16. The van der Waals surface area contributed by atoms with Crippen molar-refractivity contribution in [3.63, 3.8) is 0 Å². The molecule has 1 aliphatic carbocycles. The Kier molecular flexibility index (Phi) is 4.35. The largest absolute Gasteiger partial charge is 0.330 e. The third kappa shape index (κ3) is 3.16. The minimum absolute atomic E-state index is 0.131. The van der Waals surface area contributed by atoms with Gasteiger partial charge in [0, 0.05) is 5.92 Å². The SMILES string of the molecule is NCC(Cc1ccccc1F)c1ccc2c(c1)CCCC2. The Balaban J connectivity index is 1.85. The van der Waals surface area contributed by atoms with Crippen LogP contribution in [-0.4, -0.2) is 6.54 Å². The highest BCUT2D eigenvalue weighted by molar-refractivity contribution is 5.36. The molecule has 0 fully saturated rings. The van der Waals surface area contributed by atoms with Crippen LogP contribution in [0, 0.1) is 5.82 Å². The van der Waals surface area contributed by atoms with E-state index in [1.54, 1.807) is 6.07 Å². The number of hydrogen-bond acceptors (Lipinski definition) is 1. The third-order valence-electron chi connectivity index (χ3n) is 4.55. The van der Waals surface area contributed by atoms with E-state index in [0.717, 1.165) is 5.56 Å². The Morgan fingerprint density at radius 1 is 1.00 bits per heavy atom. The Morgan fingerprint density at radius 2 is 1.76 bits per heavy atom. The van der Waals surface area contributed by atoms with Crippen LogP contribution in [0.3, 0.4) is 0 Å². The van der Waals surface area contributed by atoms with Gasteiger partial charge in [0.15, 0.2) is 0 Å². The molecule has 1 unspecified atom stereocenters. The number of halogens is 1. The monoisotopic (exact) mass is 283 g/mol. The van der Waals surface area contributed by atoms with E-state index in [1.807, 2.05) is 12.1 Å². The fourth-order valence-corrected chi connectivity index (χ4v) is 3.27. The molecular formula is C19H22FN. The van der Waals surface area contributed by atoms with Crippen molar-refractivity contribution in [3.8, 4) is 0 Å². The maximum absolute atomic E-state index is 13.8. The molecule has 3 rings (SSSR count). The van der Waals surface area contributed by atoms with Crippen LogP contribution in [-0.2, 0) is 19.3 Å². The van der Waals surface area contributed by atoms with Crippen molar-refractivity contribution < 1.29 is 4.39 Å². The maximum Gasteiger partial charge on any atom is 0.126 e. The summed E-state index contributed by atoms with van der Waals surface area (Å²) >= 11 is 0. The molecule has 0 saturated heterocycles. The molecule has 2 heteroatoms. The average Bonchev–Trinajstić information content (AvgIpc) is 2.54. The van der Waals surface area contributed by atoms with E-state index in [4.69, 9.17) is 5.73 Å². The smallest absolute Gasteiger partial charge is 0.126 e. The van der Waals surface area contributed by atoms with Crippen molar-refractivity contribution in [2.75, 3.05) is 6.54 Å². The van der Waals surface area contributed by atoms with Crippen molar-refractivity contribution in [1.82, 2.24) is 0 Å². The highest BCUT2D eigenvalue weighted by Crippen LogP contribution is 2.27. The molecule has 21 heavy (non-hydrogen) atoms. The minimum atomic E-state index is -0.131. The average molecular weight is 283 g/mol. The second-order valence-corrected chi connectivity index (χ2v) is 5.96. The Bertz CT molecular complexity index is 621. The summed E-state index contributed by atoms with van der Waals surface area (Å²) in [5, 5.41) is 0. The van der Waals surface area contributed by atoms with E-state index in [9.17, 15) is 4.39 Å². The van der Waals surface area contributed by atoms with Gasteiger partial charge in [-0.25, -0.2) is 4.39 Å². The van der Waals surface area contributed by atoms with Crippen LogP contribution in [0.4, 0.5) is 4.39 Å². The number of hydrogen-bond donors (Lipinski definition) is 1. The van der Waals surface area contributed by atoms with Crippen LogP contribution in [0.5, 0.6) is 0 Å². The number of benzene rings is 2. The molecule has 0 amide bonds. The fourth-order valence-electron chi connectivity index (χ4n) is 3.27. The predicted octanol–water partition coefficient (Wildman–Crippen LogP) is 3.99. The van der Waals surface area contributed by atoms with E-state index in [0.29, 0.717) is 13.0 Å². The molecule has 0 spiro atoms. The fraction of sp³-hybridized carbons (Fsp3) is 0.368. The van der Waals surface area contributed by atoms with Gasteiger partial charge in [-0.1, -0.05) is 36.4 Å². The van der Waals surface area contributed by atoms with Crippen molar-refractivity contribution in [2.24, 2.45) is 5.73 Å². The van der Waals surface area contributed by atoms with Gasteiger partial charge in [0.25, 0.3) is 0 Å². The van der Waals surface area contributed by atoms with E-state index in [2.05, 4.69) is 18.2 Å². The van der Waals surface area contributed by atoms with Gasteiger partial charge >= 0.3 is 0 Å². The molecule has 0 aromatic heterocycles. The van der Waals surface area contributed by atoms with Crippen molar-refractivity contribution >= 4 is 0 Å². The predicted molar refractivity (Wildman–Crippen MR) is 85.0 cm³/mol. The van der Waals surface area contributed by atoms with Crippen LogP contribution in [0.15, 0.2) is 42.5 Å². The summed E-state index contributed by atoms with van der Waals surface area (Å²) in [4.78, 5) is 0. The molecule has 110 valence electrons. The topological polar surface area (TPSA) is 26.0 Å². The second-order valence-electron chi connectivity index (χ2n) is 5.96. The lowest BCUT2D eigenvalue weighted by molar-refractivity contribution is 0.589. The van der Waals surface area contributed by atoms with E-state index in [-0.39, 0.29) is 11.7 Å². The summed E-state index contributed by atoms with van der Waals surface area (Å²) in [5.41, 5.74) is 10.9. The summed E-state index contributed by atoms with van der Waals surface area (Å²) in [5.74, 6) is 0.0584. The number of nitrogens with two attached hydrogens (primary N) is 1. The first-order chi connectivity index (χ1) is 10.3. The number of rotatable bonds is 4. The van der Waals surface area contributed by atoms with Gasteiger partial charge in [-0.05, 0) is 67.0 Å². The van der Waals surface area contributed by atoms with Gasteiger partial charge in [-0.2, -0.15) is 0 Å². The van der Waals surface area contributed by atoms with E-state index < -0.39 is 0 Å². The normalized spacial score (nSPS) is 15.5. The molecule has 0 radical (unpaired) electrons. The van der Waals surface area contributed by atoms with Crippen molar-refractivity contribution in [3.05, 3.63) is 70.5 Å². The second kappa shape index (κ2) is 6.40. The zero-order chi connectivity index (χ0) is 14.7. The van der Waals surface area contributed by atoms with Gasteiger partial charge in [0.1, 0.15) is 5.82 Å². The summed E-state index contributed by atoms with van der Waals surface area (Å²) in [6.45, 7) is 0.549. The quantitative estimate of drug-likeness (QED) is 0.902. The lowest BCUT2D eigenvalue weighted by Gasteiger charge is -2.21. The van der Waals surface area contributed by atoms with Crippen LogP contribution in [0.2, 0.25) is 0 Å². The molecular weight excluding hydrogens is 261 g/mol. The highest BCUT2D eigenvalue weighted by atomic mass is 19.1. The van der Waals surface area contributed by atoms with Crippen LogP contribution in [0.25, 0.3) is 0 Å². The van der Waals surface area contributed by atoms with Gasteiger partial charge < -0.3 is 5.73 Å². The summed E-state index contributed by atoms with van der Waals surface area (Å²) in [7, 11) is 0. The van der Waals surface area contributed by atoms with Crippen molar-refractivity contribution in [1.29, 1.82) is 0 Å². The highest BCUT2D eigenvalue weighted by Gasteiger charge is 2.16. The molecule has 0 aliphatic heterocycles. The molecule has 2 aromatic rings. The first-order valence-electron chi connectivity index (χ1n) is 7.83. The number of fused-ring (bicyclic) bond motifs is 1. The molecule has 1 nitrogen and oxygen atoms in total. The molecule has 0 bridgehead atoms. The van der Waals surface area contributed by atoms with Crippen LogP contribution < -0.4 is 5.73 Å². The van der Waals surface area contributed by atoms with Crippen LogP contribution >= 0.6 is 0 Å².